The third-order valence-electron chi connectivity index (χ3n) is 2.62. The van der Waals surface area contributed by atoms with E-state index in [0.717, 1.165) is 18.5 Å². The molecule has 78 valence electrons. The molecule has 1 aromatic rings. The maximum atomic E-state index is 9.67. The third-order valence-corrected chi connectivity index (χ3v) is 2.62. The van der Waals surface area contributed by atoms with Gasteiger partial charge in [0.1, 0.15) is 5.75 Å². The van der Waals surface area contributed by atoms with Gasteiger partial charge in [0.15, 0.2) is 0 Å². The Labute approximate surface area is 86.2 Å². The van der Waals surface area contributed by atoms with Crippen LogP contribution in [0.15, 0.2) is 24.3 Å². The zero-order chi connectivity index (χ0) is 10.6. The summed E-state index contributed by atoms with van der Waals surface area (Å²) in [5, 5.41) is 9.67. The van der Waals surface area contributed by atoms with Gasteiger partial charge in [-0.25, -0.2) is 0 Å². The van der Waals surface area contributed by atoms with E-state index in [0.29, 0.717) is 5.75 Å². The quantitative estimate of drug-likeness (QED) is 0.794. The molecule has 0 aliphatic heterocycles. The third kappa shape index (κ3) is 2.48. The maximum Gasteiger partial charge on any atom is 0.120 e. The number of hydrogen-bond acceptors (Lipinski definition) is 2. The molecule has 0 aliphatic carbocycles. The van der Waals surface area contributed by atoms with Crippen molar-refractivity contribution in [2.45, 2.75) is 26.3 Å². The zero-order valence-electron chi connectivity index (χ0n) is 9.20. The molecule has 0 radical (unpaired) electrons. The number of hydrogen-bond donors (Lipinski definition) is 1. The highest BCUT2D eigenvalue weighted by Crippen LogP contribution is 2.26. The van der Waals surface area contributed by atoms with Crippen LogP contribution in [0.1, 0.15) is 31.9 Å². The van der Waals surface area contributed by atoms with Gasteiger partial charge in [0, 0.05) is 11.6 Å². The summed E-state index contributed by atoms with van der Waals surface area (Å²) in [6, 6.07) is 7.81. The summed E-state index contributed by atoms with van der Waals surface area (Å²) in [4.78, 5) is 2.25. The van der Waals surface area contributed by atoms with Gasteiger partial charge >= 0.3 is 0 Å². The van der Waals surface area contributed by atoms with E-state index in [1.54, 1.807) is 6.07 Å². The Bertz CT molecular complexity index is 285. The summed E-state index contributed by atoms with van der Waals surface area (Å²) in [5.74, 6) is 0.392. The minimum Gasteiger partial charge on any atom is -0.508 e. The molecule has 0 spiro atoms. The van der Waals surface area contributed by atoms with E-state index in [-0.39, 0.29) is 6.04 Å². The van der Waals surface area contributed by atoms with Crippen molar-refractivity contribution in [1.82, 2.24) is 4.90 Å². The molecule has 0 saturated carbocycles. The van der Waals surface area contributed by atoms with Crippen molar-refractivity contribution in [1.29, 1.82) is 0 Å². The predicted octanol–water partition coefficient (Wildman–Crippen LogP) is 2.80. The van der Waals surface area contributed by atoms with E-state index < -0.39 is 0 Å². The topological polar surface area (TPSA) is 23.5 Å². The summed E-state index contributed by atoms with van der Waals surface area (Å²) >= 11 is 0. The van der Waals surface area contributed by atoms with Crippen LogP contribution in [0, 0.1) is 0 Å². The second-order valence-corrected chi connectivity index (χ2v) is 3.72. The van der Waals surface area contributed by atoms with Gasteiger partial charge in [-0.05, 0) is 33.0 Å². The number of para-hydroxylation sites is 1. The number of rotatable bonds is 4. The Morgan fingerprint density at radius 1 is 1.36 bits per heavy atom. The molecule has 1 aromatic carbocycles. The van der Waals surface area contributed by atoms with Crippen LogP contribution in [0.4, 0.5) is 0 Å². The average molecular weight is 193 g/mol. The highest BCUT2D eigenvalue weighted by atomic mass is 16.3. The Kier molecular flexibility index (Phi) is 3.96. The van der Waals surface area contributed by atoms with E-state index in [9.17, 15) is 5.11 Å². The van der Waals surface area contributed by atoms with E-state index in [2.05, 4.69) is 25.8 Å². The maximum absolute atomic E-state index is 9.67. The van der Waals surface area contributed by atoms with Gasteiger partial charge in [-0.3, -0.25) is 4.90 Å². The van der Waals surface area contributed by atoms with Crippen LogP contribution in [-0.4, -0.2) is 23.6 Å². The van der Waals surface area contributed by atoms with E-state index in [4.69, 9.17) is 0 Å². The molecule has 2 nitrogen and oxygen atoms in total. The predicted molar refractivity (Wildman–Crippen MR) is 59.4 cm³/mol. The van der Waals surface area contributed by atoms with Crippen LogP contribution in [-0.2, 0) is 0 Å². The lowest BCUT2D eigenvalue weighted by Crippen LogP contribution is -2.23. The fourth-order valence-electron chi connectivity index (χ4n) is 1.62. The van der Waals surface area contributed by atoms with Gasteiger partial charge in [-0.2, -0.15) is 0 Å². The van der Waals surface area contributed by atoms with Crippen molar-refractivity contribution in [3.05, 3.63) is 29.8 Å². The van der Waals surface area contributed by atoms with Crippen LogP contribution >= 0.6 is 0 Å². The highest BCUT2D eigenvalue weighted by molar-refractivity contribution is 5.34. The Morgan fingerprint density at radius 2 is 2.00 bits per heavy atom. The van der Waals surface area contributed by atoms with E-state index in [1.807, 2.05) is 18.2 Å². The fraction of sp³-hybridized carbons (Fsp3) is 0.500. The fourth-order valence-corrected chi connectivity index (χ4v) is 1.62. The summed E-state index contributed by atoms with van der Waals surface area (Å²) in [7, 11) is 2.08. The summed E-state index contributed by atoms with van der Waals surface area (Å²) in [5.41, 5.74) is 1.00. The standard InChI is InChI=1S/C12H19NO/c1-4-9-13(3)10(2)11-7-5-6-8-12(11)14/h5-8,10,14H,4,9H2,1-3H3. The molecule has 1 N–H and O–H groups in total. The molecule has 0 saturated heterocycles. The molecule has 2 heteroatoms. The van der Waals surface area contributed by atoms with Crippen molar-refractivity contribution in [2.24, 2.45) is 0 Å². The molecule has 0 amide bonds. The zero-order valence-corrected chi connectivity index (χ0v) is 9.20. The summed E-state index contributed by atoms with van der Waals surface area (Å²) in [6.45, 7) is 5.33. The van der Waals surface area contributed by atoms with Crippen molar-refractivity contribution >= 4 is 0 Å². The lowest BCUT2D eigenvalue weighted by Gasteiger charge is -2.24. The molecule has 1 rings (SSSR count). The summed E-state index contributed by atoms with van der Waals surface area (Å²) < 4.78 is 0. The first-order valence-corrected chi connectivity index (χ1v) is 5.15. The highest BCUT2D eigenvalue weighted by Gasteiger charge is 2.13. The molecule has 1 unspecified atom stereocenters. The van der Waals surface area contributed by atoms with Gasteiger partial charge in [0.25, 0.3) is 0 Å². The molecular weight excluding hydrogens is 174 g/mol. The number of benzene rings is 1. The molecular formula is C12H19NO. The van der Waals surface area contributed by atoms with Gasteiger partial charge < -0.3 is 5.11 Å². The van der Waals surface area contributed by atoms with Crippen LogP contribution in [0.5, 0.6) is 5.75 Å². The molecule has 1 atom stereocenters. The first-order chi connectivity index (χ1) is 6.66. The molecule has 0 fully saturated rings. The van der Waals surface area contributed by atoms with Crippen LogP contribution < -0.4 is 0 Å². The molecule has 0 bridgehead atoms. The number of nitrogens with zero attached hydrogens (tertiary/aromatic N) is 1. The van der Waals surface area contributed by atoms with Crippen LogP contribution in [0.25, 0.3) is 0 Å². The second kappa shape index (κ2) is 5.01. The largest absolute Gasteiger partial charge is 0.508 e. The first kappa shape index (κ1) is 11.1. The lowest BCUT2D eigenvalue weighted by atomic mass is 10.1. The van der Waals surface area contributed by atoms with Gasteiger partial charge in [0.2, 0.25) is 0 Å². The SMILES string of the molecule is CCCN(C)C(C)c1ccccc1O. The minimum atomic E-state index is 0.274. The van der Waals surface area contributed by atoms with Gasteiger partial charge in [0.05, 0.1) is 0 Å². The molecule has 0 heterocycles. The normalized spacial score (nSPS) is 13.1. The number of phenols is 1. The monoisotopic (exact) mass is 193 g/mol. The Balaban J connectivity index is 2.78. The van der Waals surface area contributed by atoms with Crippen molar-refractivity contribution in [3.63, 3.8) is 0 Å². The lowest BCUT2D eigenvalue weighted by molar-refractivity contribution is 0.257. The molecule has 14 heavy (non-hydrogen) atoms. The van der Waals surface area contributed by atoms with Crippen molar-refractivity contribution in [2.75, 3.05) is 13.6 Å². The van der Waals surface area contributed by atoms with Crippen LogP contribution in [0.2, 0.25) is 0 Å². The average Bonchev–Trinajstić information content (AvgIpc) is 2.18. The van der Waals surface area contributed by atoms with E-state index >= 15 is 0 Å². The Hall–Kier alpha value is -1.02. The van der Waals surface area contributed by atoms with Gasteiger partial charge in [-0.15, -0.1) is 0 Å². The second-order valence-electron chi connectivity index (χ2n) is 3.72. The summed E-state index contributed by atoms with van der Waals surface area (Å²) in [6.07, 6.45) is 1.13. The van der Waals surface area contributed by atoms with Crippen LogP contribution in [0.3, 0.4) is 0 Å². The Morgan fingerprint density at radius 3 is 2.57 bits per heavy atom. The molecule has 0 aromatic heterocycles. The van der Waals surface area contributed by atoms with E-state index in [1.165, 1.54) is 0 Å². The number of phenolic OH excluding ortho intramolecular Hbond substituents is 1. The van der Waals surface area contributed by atoms with Gasteiger partial charge in [-0.1, -0.05) is 25.1 Å². The number of aromatic hydroxyl groups is 1. The molecule has 0 aliphatic rings. The van der Waals surface area contributed by atoms with Crippen molar-refractivity contribution < 1.29 is 5.11 Å². The van der Waals surface area contributed by atoms with Crippen molar-refractivity contribution in [3.8, 4) is 5.75 Å². The minimum absolute atomic E-state index is 0.274. The first-order valence-electron chi connectivity index (χ1n) is 5.15. The smallest absolute Gasteiger partial charge is 0.120 e.